The maximum Gasteiger partial charge on any atom is 0.146 e. The zero-order valence-electron chi connectivity index (χ0n) is 6.25. The van der Waals surface area contributed by atoms with Gasteiger partial charge in [-0.3, -0.25) is 4.79 Å². The number of hydrogen-bond acceptors (Lipinski definition) is 2. The van der Waals surface area contributed by atoms with Gasteiger partial charge in [0.25, 0.3) is 0 Å². The van der Waals surface area contributed by atoms with Crippen LogP contribution in [0.4, 0.5) is 0 Å². The third-order valence-electron chi connectivity index (χ3n) is 1.86. The van der Waals surface area contributed by atoms with Gasteiger partial charge in [-0.2, -0.15) is 0 Å². The topological polar surface area (TPSA) is 17.1 Å². The normalized spacial score (nSPS) is 22.9. The van der Waals surface area contributed by atoms with Crippen LogP contribution < -0.4 is 0 Å². The minimum atomic E-state index is 0.862. The zero-order valence-corrected chi connectivity index (χ0v) is 7.06. The first-order valence-electron chi connectivity index (χ1n) is 3.90. The molecule has 0 atom stereocenters. The van der Waals surface area contributed by atoms with Gasteiger partial charge in [-0.05, 0) is 23.3 Å². The molecule has 2 aliphatic carbocycles. The number of rotatable bonds is 3. The standard InChI is InChI=1S/C9H10OS/c10-6-7-1-2-9(5-7)11-8-3-4-8/h1-2,6,8H,3-5H2. The van der Waals surface area contributed by atoms with Crippen LogP contribution in [-0.2, 0) is 4.79 Å². The molecule has 0 unspecified atom stereocenters. The van der Waals surface area contributed by atoms with Gasteiger partial charge in [-0.25, -0.2) is 0 Å². The summed E-state index contributed by atoms with van der Waals surface area (Å²) >= 11 is 1.94. The Kier molecular flexibility index (Phi) is 1.86. The number of hydrogen-bond donors (Lipinski definition) is 0. The van der Waals surface area contributed by atoms with Crippen molar-refractivity contribution in [3.8, 4) is 0 Å². The Morgan fingerprint density at radius 3 is 2.82 bits per heavy atom. The Labute approximate surface area is 70.6 Å². The molecule has 0 saturated heterocycles. The highest BCUT2D eigenvalue weighted by Crippen LogP contribution is 2.41. The Bertz CT molecular complexity index is 236. The monoisotopic (exact) mass is 166 g/mol. The van der Waals surface area contributed by atoms with Crippen molar-refractivity contribution < 1.29 is 4.79 Å². The van der Waals surface area contributed by atoms with Crippen LogP contribution in [0.25, 0.3) is 0 Å². The molecule has 2 rings (SSSR count). The Hall–Kier alpha value is -0.500. The third kappa shape index (κ3) is 1.74. The van der Waals surface area contributed by atoms with Crippen molar-refractivity contribution in [1.29, 1.82) is 0 Å². The maximum atomic E-state index is 10.3. The summed E-state index contributed by atoms with van der Waals surface area (Å²) in [5.74, 6) is 0. The summed E-state index contributed by atoms with van der Waals surface area (Å²) < 4.78 is 0. The first kappa shape index (κ1) is 7.17. The molecular weight excluding hydrogens is 156 g/mol. The van der Waals surface area contributed by atoms with Gasteiger partial charge < -0.3 is 0 Å². The van der Waals surface area contributed by atoms with E-state index in [2.05, 4.69) is 6.08 Å². The summed E-state index contributed by atoms with van der Waals surface area (Å²) in [7, 11) is 0. The van der Waals surface area contributed by atoms with Gasteiger partial charge in [0.1, 0.15) is 6.29 Å². The SMILES string of the molecule is O=CC1=CC=C(SC2CC2)C1. The third-order valence-corrected chi connectivity index (χ3v) is 3.24. The number of carbonyl (C=O) groups is 1. The molecule has 1 saturated carbocycles. The predicted octanol–water partition coefficient (Wildman–Crippen LogP) is 2.29. The number of thioether (sulfide) groups is 1. The molecule has 0 aromatic carbocycles. The van der Waals surface area contributed by atoms with E-state index in [1.807, 2.05) is 17.8 Å². The van der Waals surface area contributed by atoms with Crippen LogP contribution in [0.3, 0.4) is 0 Å². The van der Waals surface area contributed by atoms with Gasteiger partial charge in [0.05, 0.1) is 0 Å². The van der Waals surface area contributed by atoms with Crippen LogP contribution in [0.2, 0.25) is 0 Å². The van der Waals surface area contributed by atoms with Crippen LogP contribution in [0.1, 0.15) is 19.3 Å². The molecule has 11 heavy (non-hydrogen) atoms. The van der Waals surface area contributed by atoms with Gasteiger partial charge >= 0.3 is 0 Å². The molecule has 1 nitrogen and oxygen atoms in total. The lowest BCUT2D eigenvalue weighted by atomic mass is 10.3. The Morgan fingerprint density at radius 1 is 1.45 bits per heavy atom. The van der Waals surface area contributed by atoms with Gasteiger partial charge in [0.2, 0.25) is 0 Å². The lowest BCUT2D eigenvalue weighted by Crippen LogP contribution is -1.81. The van der Waals surface area contributed by atoms with Crippen LogP contribution in [0.5, 0.6) is 0 Å². The molecule has 0 N–H and O–H groups in total. The molecule has 0 spiro atoms. The molecule has 2 heteroatoms. The van der Waals surface area contributed by atoms with Gasteiger partial charge in [0.15, 0.2) is 0 Å². The summed E-state index contributed by atoms with van der Waals surface area (Å²) in [6.45, 7) is 0. The first-order valence-corrected chi connectivity index (χ1v) is 4.78. The zero-order chi connectivity index (χ0) is 7.68. The number of carbonyl (C=O) groups excluding carboxylic acids is 1. The molecule has 58 valence electrons. The van der Waals surface area contributed by atoms with E-state index in [0.29, 0.717) is 0 Å². The lowest BCUT2D eigenvalue weighted by Gasteiger charge is -1.97. The van der Waals surface area contributed by atoms with Crippen LogP contribution in [-0.4, -0.2) is 11.5 Å². The van der Waals surface area contributed by atoms with Crippen LogP contribution in [0.15, 0.2) is 22.6 Å². The van der Waals surface area contributed by atoms with Crippen molar-refractivity contribution >= 4 is 18.0 Å². The Balaban J connectivity index is 1.86. The van der Waals surface area contributed by atoms with Gasteiger partial charge in [0, 0.05) is 11.7 Å². The van der Waals surface area contributed by atoms with E-state index in [-0.39, 0.29) is 0 Å². The molecule has 0 aliphatic heterocycles. The molecular formula is C9H10OS. The van der Waals surface area contributed by atoms with Gasteiger partial charge in [-0.1, -0.05) is 12.2 Å². The van der Waals surface area contributed by atoms with Crippen molar-refractivity contribution in [1.82, 2.24) is 0 Å². The smallest absolute Gasteiger partial charge is 0.146 e. The molecule has 0 bridgehead atoms. The van der Waals surface area contributed by atoms with E-state index in [4.69, 9.17) is 0 Å². The quantitative estimate of drug-likeness (QED) is 0.598. The molecule has 0 heterocycles. The molecule has 0 amide bonds. The summed E-state index contributed by atoms with van der Waals surface area (Å²) in [5, 5.41) is 0.862. The van der Waals surface area contributed by atoms with E-state index < -0.39 is 0 Å². The minimum absolute atomic E-state index is 0.862. The lowest BCUT2D eigenvalue weighted by molar-refractivity contribution is -0.104. The van der Waals surface area contributed by atoms with E-state index in [9.17, 15) is 4.79 Å². The van der Waals surface area contributed by atoms with Crippen molar-refractivity contribution in [3.63, 3.8) is 0 Å². The number of aldehydes is 1. The van der Waals surface area contributed by atoms with E-state index in [0.717, 1.165) is 23.5 Å². The second-order valence-corrected chi connectivity index (χ2v) is 4.41. The summed E-state index contributed by atoms with van der Waals surface area (Å²) in [5.41, 5.74) is 0.924. The molecule has 0 radical (unpaired) electrons. The van der Waals surface area contributed by atoms with Crippen molar-refractivity contribution in [3.05, 3.63) is 22.6 Å². The van der Waals surface area contributed by atoms with E-state index in [1.165, 1.54) is 17.7 Å². The average molecular weight is 166 g/mol. The second-order valence-electron chi connectivity index (χ2n) is 2.99. The van der Waals surface area contributed by atoms with E-state index in [1.54, 1.807) is 0 Å². The predicted molar refractivity (Wildman–Crippen MR) is 47.5 cm³/mol. The highest BCUT2D eigenvalue weighted by molar-refractivity contribution is 8.03. The fourth-order valence-corrected chi connectivity index (χ4v) is 2.28. The van der Waals surface area contributed by atoms with Crippen LogP contribution >= 0.6 is 11.8 Å². The second kappa shape index (κ2) is 2.86. The fraction of sp³-hybridized carbons (Fsp3) is 0.444. The first-order chi connectivity index (χ1) is 5.38. The summed E-state index contributed by atoms with van der Waals surface area (Å²) in [6, 6.07) is 0. The summed E-state index contributed by atoms with van der Waals surface area (Å²) in [6.07, 6.45) is 8.56. The molecule has 2 aliphatic rings. The largest absolute Gasteiger partial charge is 0.298 e. The Morgan fingerprint density at radius 2 is 2.27 bits per heavy atom. The maximum absolute atomic E-state index is 10.3. The average Bonchev–Trinajstić information content (AvgIpc) is 2.68. The van der Waals surface area contributed by atoms with E-state index >= 15 is 0 Å². The fourth-order valence-electron chi connectivity index (χ4n) is 1.08. The number of allylic oxidation sites excluding steroid dienone is 4. The highest BCUT2D eigenvalue weighted by atomic mass is 32.2. The highest BCUT2D eigenvalue weighted by Gasteiger charge is 2.24. The van der Waals surface area contributed by atoms with Crippen molar-refractivity contribution in [2.75, 3.05) is 0 Å². The molecule has 1 fully saturated rings. The molecule has 0 aromatic rings. The van der Waals surface area contributed by atoms with Crippen molar-refractivity contribution in [2.24, 2.45) is 0 Å². The van der Waals surface area contributed by atoms with Crippen LogP contribution in [0, 0.1) is 0 Å². The molecule has 0 aromatic heterocycles. The van der Waals surface area contributed by atoms with Gasteiger partial charge in [-0.15, -0.1) is 11.8 Å². The van der Waals surface area contributed by atoms with Crippen molar-refractivity contribution in [2.45, 2.75) is 24.5 Å². The minimum Gasteiger partial charge on any atom is -0.298 e. The summed E-state index contributed by atoms with van der Waals surface area (Å²) in [4.78, 5) is 11.7.